The maximum Gasteiger partial charge on any atom is 0.402 e. The minimum absolute atomic E-state index is 0.0364. The third-order valence-electron chi connectivity index (χ3n) is 14.6. The normalized spacial score (nSPS) is 30.1. The summed E-state index contributed by atoms with van der Waals surface area (Å²) >= 11 is 0. The van der Waals surface area contributed by atoms with Gasteiger partial charge in [-0.2, -0.15) is 0 Å². The standard InChI is InChI=1S/C45H38O7P2/c1-49-52-54(3,48)51-45-42-38-18-36(32-14-28-24-12-26(30(28)16-34(32)38)22-10-6-4-8-20(22)24)40(42)44(50-53(2,46)47)41-37-19-39(43(41)45)35-17-31-27-13-25(29(31)15-33(35)37)21-9-5-7-11-23(21)27/h4-11,14-17,24-27,36-39H,12-13,18-19H2,1-3H3,(H,46,47)/t24-,25+,26+,27-,36-,37+,38+,39-,54?. The molecule has 13 rings (SSSR count). The molecule has 5 aromatic carbocycles. The number of hydrogen-bond donors (Lipinski definition) is 1. The monoisotopic (exact) mass is 752 g/mol. The summed E-state index contributed by atoms with van der Waals surface area (Å²) in [5.41, 5.74) is 20.3. The first-order chi connectivity index (χ1) is 26.1. The Kier molecular flexibility index (Phi) is 5.83. The lowest BCUT2D eigenvalue weighted by Crippen LogP contribution is -2.17. The fraction of sp³-hybridized carbons (Fsp3) is 0.333. The van der Waals surface area contributed by atoms with Crippen LogP contribution in [0.4, 0.5) is 0 Å². The van der Waals surface area contributed by atoms with Gasteiger partial charge < -0.3 is 13.9 Å². The van der Waals surface area contributed by atoms with Crippen molar-refractivity contribution in [3.63, 3.8) is 0 Å². The molecular weight excluding hydrogens is 714 g/mol. The largest absolute Gasteiger partial charge is 0.424 e. The van der Waals surface area contributed by atoms with Crippen LogP contribution in [0, 0.1) is 0 Å². The SMILES string of the molecule is COOP(C)(=O)Oc1c2c(c(OP(C)(=O)O)c3c1[C@H]1C[C@@H]3c3cc4c(cc31)[C@H]1C[C@@H]4c3ccccc31)[C@H]1C[C@@H]2c2cc3c(cc21)[C@H]1C[C@@H]3c2ccccc21. The Morgan fingerprint density at radius 3 is 1.09 bits per heavy atom. The molecule has 0 aliphatic heterocycles. The first-order valence-electron chi connectivity index (χ1n) is 19.3. The minimum atomic E-state index is -3.99. The van der Waals surface area contributed by atoms with Crippen LogP contribution in [0.2, 0.25) is 0 Å². The van der Waals surface area contributed by atoms with Crippen molar-refractivity contribution in [3.8, 4) is 11.5 Å². The van der Waals surface area contributed by atoms with Crippen molar-refractivity contribution in [2.45, 2.75) is 73.0 Å². The Balaban J connectivity index is 1.03. The summed E-state index contributed by atoms with van der Waals surface area (Å²) in [6.07, 6.45) is 3.82. The van der Waals surface area contributed by atoms with Gasteiger partial charge in [-0.05, 0) is 92.4 Å². The van der Waals surface area contributed by atoms with Crippen LogP contribution in [0.15, 0.2) is 72.8 Å². The van der Waals surface area contributed by atoms with E-state index in [9.17, 15) is 14.0 Å². The number of rotatable bonds is 6. The fourth-order valence-corrected chi connectivity index (χ4v) is 14.5. The molecule has 54 heavy (non-hydrogen) atoms. The summed E-state index contributed by atoms with van der Waals surface area (Å²) < 4.78 is 45.8. The molecule has 0 spiro atoms. The molecule has 2 unspecified atom stereocenters. The molecule has 10 atom stereocenters. The third-order valence-corrected chi connectivity index (χ3v) is 16.1. The van der Waals surface area contributed by atoms with Gasteiger partial charge in [-0.15, -0.1) is 4.67 Å². The van der Waals surface area contributed by atoms with E-state index in [1.54, 1.807) is 0 Å². The summed E-state index contributed by atoms with van der Waals surface area (Å²) in [7, 11) is -6.37. The Morgan fingerprint density at radius 1 is 0.481 bits per heavy atom. The van der Waals surface area contributed by atoms with E-state index in [2.05, 4.69) is 72.8 Å². The highest BCUT2D eigenvalue weighted by Crippen LogP contribution is 2.73. The van der Waals surface area contributed by atoms with Gasteiger partial charge in [0.25, 0.3) is 0 Å². The maximum absolute atomic E-state index is 14.0. The van der Waals surface area contributed by atoms with E-state index in [0.29, 0.717) is 35.2 Å². The molecule has 5 aromatic rings. The van der Waals surface area contributed by atoms with Crippen LogP contribution >= 0.6 is 15.2 Å². The van der Waals surface area contributed by atoms with Gasteiger partial charge >= 0.3 is 15.2 Å². The van der Waals surface area contributed by atoms with Gasteiger partial charge in [0, 0.05) is 76.3 Å². The van der Waals surface area contributed by atoms with Gasteiger partial charge in [0.1, 0.15) is 11.5 Å². The van der Waals surface area contributed by atoms with Crippen molar-refractivity contribution in [1.82, 2.24) is 0 Å². The molecule has 0 saturated carbocycles. The average Bonchev–Trinajstić information content (AvgIpc) is 4.01. The second-order valence-electron chi connectivity index (χ2n) is 17.2. The molecule has 0 amide bonds. The first kappa shape index (κ1) is 31.3. The molecule has 1 N–H and O–H groups in total. The fourth-order valence-electron chi connectivity index (χ4n) is 13.1. The number of benzene rings is 5. The lowest BCUT2D eigenvalue weighted by atomic mass is 9.74. The van der Waals surface area contributed by atoms with E-state index in [1.807, 2.05) is 0 Å². The van der Waals surface area contributed by atoms with Gasteiger partial charge in [0.05, 0.1) is 13.8 Å². The topological polar surface area (TPSA) is 91.3 Å². The smallest absolute Gasteiger partial charge is 0.402 e. The Morgan fingerprint density at radius 2 is 0.778 bits per heavy atom. The average molecular weight is 753 g/mol. The van der Waals surface area contributed by atoms with Crippen LogP contribution < -0.4 is 9.05 Å². The number of hydrogen-bond acceptors (Lipinski definition) is 6. The third kappa shape index (κ3) is 3.76. The number of fused-ring (bicyclic) bond motifs is 32. The van der Waals surface area contributed by atoms with E-state index in [0.717, 1.165) is 47.9 Å². The molecule has 0 heterocycles. The molecule has 7 nitrogen and oxygen atoms in total. The highest BCUT2D eigenvalue weighted by atomic mass is 31.2. The summed E-state index contributed by atoms with van der Waals surface area (Å²) in [6, 6.07) is 27.5. The predicted octanol–water partition coefficient (Wildman–Crippen LogP) is 10.6. The lowest BCUT2D eigenvalue weighted by Gasteiger charge is -2.33. The Labute approximate surface area is 313 Å². The van der Waals surface area contributed by atoms with Crippen LogP contribution in [0.5, 0.6) is 11.5 Å². The van der Waals surface area contributed by atoms with Crippen LogP contribution in [0.1, 0.15) is 162 Å². The quantitative estimate of drug-likeness (QED) is 0.105. The van der Waals surface area contributed by atoms with E-state index in [-0.39, 0.29) is 23.7 Å². The zero-order valence-electron chi connectivity index (χ0n) is 30.2. The molecule has 0 radical (unpaired) electrons. The molecule has 8 aliphatic rings. The van der Waals surface area contributed by atoms with Crippen LogP contribution in [0.25, 0.3) is 0 Å². The maximum atomic E-state index is 14.0. The van der Waals surface area contributed by atoms with E-state index in [1.165, 1.54) is 87.2 Å². The van der Waals surface area contributed by atoms with Gasteiger partial charge in [-0.1, -0.05) is 72.8 Å². The summed E-state index contributed by atoms with van der Waals surface area (Å²) in [5.74, 6) is 2.53. The molecular formula is C45H38O7P2. The van der Waals surface area contributed by atoms with E-state index in [4.69, 9.17) is 18.6 Å². The minimum Gasteiger partial charge on any atom is -0.424 e. The van der Waals surface area contributed by atoms with Crippen LogP contribution in [-0.4, -0.2) is 25.3 Å². The van der Waals surface area contributed by atoms with Crippen LogP contribution in [-0.2, 0) is 18.7 Å². The predicted molar refractivity (Wildman–Crippen MR) is 204 cm³/mol. The molecule has 0 aromatic heterocycles. The second kappa shape index (κ2) is 10.1. The molecule has 8 bridgehead atoms. The zero-order valence-corrected chi connectivity index (χ0v) is 32.0. The second-order valence-corrected chi connectivity index (χ2v) is 20.8. The highest BCUT2D eigenvalue weighted by Gasteiger charge is 2.56. The van der Waals surface area contributed by atoms with Gasteiger partial charge in [0.2, 0.25) is 0 Å². The zero-order chi connectivity index (χ0) is 36.2. The summed E-state index contributed by atoms with van der Waals surface area (Å²) in [6.45, 7) is 2.74. The van der Waals surface area contributed by atoms with Crippen molar-refractivity contribution in [3.05, 3.63) is 162 Å². The van der Waals surface area contributed by atoms with Gasteiger partial charge in [0.15, 0.2) is 0 Å². The molecule has 270 valence electrons. The molecule has 9 heteroatoms. The van der Waals surface area contributed by atoms with Crippen molar-refractivity contribution < 1.29 is 32.6 Å². The van der Waals surface area contributed by atoms with Crippen molar-refractivity contribution >= 4 is 15.2 Å². The Bertz CT molecular complexity index is 2560. The van der Waals surface area contributed by atoms with Crippen LogP contribution in [0.3, 0.4) is 0 Å². The Hall–Kier alpha value is -3.96. The van der Waals surface area contributed by atoms with E-state index < -0.39 is 15.2 Å². The molecule has 8 aliphatic carbocycles. The van der Waals surface area contributed by atoms with Crippen molar-refractivity contribution in [2.75, 3.05) is 20.4 Å². The lowest BCUT2D eigenvalue weighted by molar-refractivity contribution is -0.183. The summed E-state index contributed by atoms with van der Waals surface area (Å²) in [5, 5.41) is 0. The van der Waals surface area contributed by atoms with Crippen molar-refractivity contribution in [1.29, 1.82) is 0 Å². The summed E-state index contributed by atoms with van der Waals surface area (Å²) in [4.78, 5) is 16.0. The van der Waals surface area contributed by atoms with Gasteiger partial charge in [-0.3, -0.25) is 0 Å². The van der Waals surface area contributed by atoms with Crippen molar-refractivity contribution in [2.24, 2.45) is 0 Å². The highest BCUT2D eigenvalue weighted by molar-refractivity contribution is 7.53. The molecule has 0 fully saturated rings. The van der Waals surface area contributed by atoms with Gasteiger partial charge in [-0.25, -0.2) is 14.0 Å². The molecule has 0 saturated heterocycles. The van der Waals surface area contributed by atoms with E-state index >= 15 is 0 Å². The first-order valence-corrected chi connectivity index (χ1v) is 23.4.